The summed E-state index contributed by atoms with van der Waals surface area (Å²) in [4.78, 5) is 15.0. The van der Waals surface area contributed by atoms with Gasteiger partial charge in [0.05, 0.1) is 0 Å². The first kappa shape index (κ1) is 17.9. The van der Waals surface area contributed by atoms with Gasteiger partial charge < -0.3 is 15.0 Å². The number of rotatable bonds is 5. The smallest absolute Gasteiger partial charge is 0.407 e. The van der Waals surface area contributed by atoms with Gasteiger partial charge in [-0.25, -0.2) is 9.48 Å². The lowest BCUT2D eigenvalue weighted by Gasteiger charge is -2.19. The van der Waals surface area contributed by atoms with Gasteiger partial charge in [0, 0.05) is 37.1 Å². The van der Waals surface area contributed by atoms with Crippen molar-refractivity contribution in [3.63, 3.8) is 0 Å². The van der Waals surface area contributed by atoms with Crippen LogP contribution in [0.1, 0.15) is 37.7 Å². The van der Waals surface area contributed by atoms with Gasteiger partial charge in [0.1, 0.15) is 5.60 Å². The summed E-state index contributed by atoms with van der Waals surface area (Å²) in [6.45, 7) is 6.06. The summed E-state index contributed by atoms with van der Waals surface area (Å²) in [6, 6.07) is 6.26. The second-order valence-corrected chi connectivity index (χ2v) is 7.27. The molecule has 3 aromatic rings. The first-order chi connectivity index (χ1) is 12.3. The van der Waals surface area contributed by atoms with Crippen LogP contribution in [-0.4, -0.2) is 43.4 Å². The molecule has 26 heavy (non-hydrogen) atoms. The quantitative estimate of drug-likeness (QED) is 0.731. The molecule has 2 heterocycles. The van der Waals surface area contributed by atoms with Crippen molar-refractivity contribution < 1.29 is 9.53 Å². The molecule has 0 aliphatic rings. The Morgan fingerprint density at radius 1 is 1.35 bits per heavy atom. The fourth-order valence-electron chi connectivity index (χ4n) is 2.74. The molecule has 2 N–H and O–H groups in total. The van der Waals surface area contributed by atoms with E-state index < -0.39 is 11.7 Å². The number of amides is 1. The van der Waals surface area contributed by atoms with Gasteiger partial charge in [-0.3, -0.25) is 0 Å². The van der Waals surface area contributed by atoms with Crippen LogP contribution in [0, 0.1) is 0 Å². The lowest BCUT2D eigenvalue weighted by atomic mass is 10.1. The monoisotopic (exact) mass is 356 g/mol. The van der Waals surface area contributed by atoms with Crippen LogP contribution in [-0.2, 0) is 24.6 Å². The predicted molar refractivity (Wildman–Crippen MR) is 97.8 cm³/mol. The maximum atomic E-state index is 11.8. The summed E-state index contributed by atoms with van der Waals surface area (Å²) >= 11 is 0. The number of ether oxygens (including phenoxy) is 1. The zero-order chi connectivity index (χ0) is 18.7. The molecule has 0 saturated heterocycles. The molecule has 0 aliphatic heterocycles. The van der Waals surface area contributed by atoms with Crippen LogP contribution in [0.15, 0.2) is 24.4 Å². The number of tetrazole rings is 1. The highest BCUT2D eigenvalue weighted by Gasteiger charge is 2.15. The van der Waals surface area contributed by atoms with Crippen molar-refractivity contribution in [3.8, 4) is 0 Å². The van der Waals surface area contributed by atoms with E-state index in [-0.39, 0.29) is 0 Å². The number of carbonyl (C=O) groups is 1. The summed E-state index contributed by atoms with van der Waals surface area (Å²) in [6.07, 6.45) is 2.97. The number of fused-ring (bicyclic) bond motifs is 1. The van der Waals surface area contributed by atoms with E-state index in [1.165, 1.54) is 0 Å². The number of nitrogens with zero attached hydrogens (tertiary/aromatic N) is 4. The Bertz CT molecular complexity index is 906. The Labute approximate surface area is 151 Å². The highest BCUT2D eigenvalue weighted by molar-refractivity contribution is 5.84. The van der Waals surface area contributed by atoms with Crippen LogP contribution in [0.2, 0.25) is 0 Å². The molecule has 0 unspecified atom stereocenters. The average Bonchev–Trinajstić information content (AvgIpc) is 3.13. The molecule has 0 aliphatic carbocycles. The summed E-state index contributed by atoms with van der Waals surface area (Å²) in [5, 5.41) is 15.5. The Morgan fingerprint density at radius 2 is 2.15 bits per heavy atom. The molecule has 0 radical (unpaired) electrons. The zero-order valence-corrected chi connectivity index (χ0v) is 15.5. The second kappa shape index (κ2) is 7.15. The standard InChI is InChI=1S/C18H24N6O2/c1-18(2,3)26-17(25)19-8-7-13-11-20-15-6-5-12(9-14(13)15)10-16-21-22-23-24(16)4/h5-6,9,11,20H,7-8,10H2,1-4H3,(H,19,25). The molecular weight excluding hydrogens is 332 g/mol. The SMILES string of the molecule is Cn1nnnc1Cc1ccc2[nH]cc(CCNC(=O)OC(C)(C)C)c2c1. The minimum atomic E-state index is -0.492. The fraction of sp³-hybridized carbons (Fsp3) is 0.444. The molecule has 0 atom stereocenters. The molecule has 0 fully saturated rings. The number of nitrogens with one attached hydrogen (secondary N) is 2. The van der Waals surface area contributed by atoms with E-state index >= 15 is 0 Å². The van der Waals surface area contributed by atoms with Crippen molar-refractivity contribution in [1.29, 1.82) is 0 Å². The Hall–Kier alpha value is -2.90. The van der Waals surface area contributed by atoms with E-state index in [0.29, 0.717) is 19.4 Å². The number of carbonyl (C=O) groups excluding carboxylic acids is 1. The summed E-state index contributed by atoms with van der Waals surface area (Å²) in [7, 11) is 1.83. The number of H-pyrrole nitrogens is 1. The summed E-state index contributed by atoms with van der Waals surface area (Å²) < 4.78 is 6.93. The molecule has 138 valence electrons. The van der Waals surface area contributed by atoms with E-state index in [1.54, 1.807) is 4.68 Å². The van der Waals surface area contributed by atoms with Gasteiger partial charge in [0.15, 0.2) is 5.82 Å². The largest absolute Gasteiger partial charge is 0.444 e. The molecule has 8 heteroatoms. The number of alkyl carbamates (subject to hydrolysis) is 1. The lowest BCUT2D eigenvalue weighted by Crippen LogP contribution is -2.33. The Morgan fingerprint density at radius 3 is 2.85 bits per heavy atom. The van der Waals surface area contributed by atoms with E-state index in [9.17, 15) is 4.79 Å². The maximum absolute atomic E-state index is 11.8. The van der Waals surface area contributed by atoms with Gasteiger partial charge >= 0.3 is 6.09 Å². The van der Waals surface area contributed by atoms with Gasteiger partial charge in [-0.2, -0.15) is 0 Å². The van der Waals surface area contributed by atoms with Gasteiger partial charge in [-0.1, -0.05) is 6.07 Å². The van der Waals surface area contributed by atoms with Gasteiger partial charge in [-0.15, -0.1) is 5.10 Å². The topological polar surface area (TPSA) is 97.7 Å². The van der Waals surface area contributed by atoms with E-state index in [1.807, 2.05) is 34.0 Å². The number of benzene rings is 1. The number of aryl methyl sites for hydroxylation is 1. The summed E-state index contributed by atoms with van der Waals surface area (Å²) in [5.41, 5.74) is 2.86. The number of aromatic amines is 1. The average molecular weight is 356 g/mol. The Balaban J connectivity index is 1.66. The third-order valence-corrected chi connectivity index (χ3v) is 3.96. The van der Waals surface area contributed by atoms with Crippen molar-refractivity contribution in [1.82, 2.24) is 30.5 Å². The highest BCUT2D eigenvalue weighted by Crippen LogP contribution is 2.21. The molecule has 1 aromatic carbocycles. The molecule has 0 bridgehead atoms. The van der Waals surface area contributed by atoms with Crippen LogP contribution in [0.25, 0.3) is 10.9 Å². The minimum absolute atomic E-state index is 0.396. The maximum Gasteiger partial charge on any atom is 0.407 e. The molecular formula is C18H24N6O2. The fourth-order valence-corrected chi connectivity index (χ4v) is 2.74. The first-order valence-electron chi connectivity index (χ1n) is 8.59. The third kappa shape index (κ3) is 4.38. The normalized spacial score (nSPS) is 11.7. The predicted octanol–water partition coefficient (Wildman–Crippen LogP) is 2.35. The lowest BCUT2D eigenvalue weighted by molar-refractivity contribution is 0.0528. The van der Waals surface area contributed by atoms with Crippen molar-refractivity contribution in [2.75, 3.05) is 6.54 Å². The number of hydrogen-bond donors (Lipinski definition) is 2. The highest BCUT2D eigenvalue weighted by atomic mass is 16.6. The third-order valence-electron chi connectivity index (χ3n) is 3.96. The first-order valence-corrected chi connectivity index (χ1v) is 8.59. The van der Waals surface area contributed by atoms with Crippen LogP contribution in [0.4, 0.5) is 4.79 Å². The van der Waals surface area contributed by atoms with Gasteiger partial charge in [0.2, 0.25) is 0 Å². The molecule has 3 rings (SSSR count). The van der Waals surface area contributed by atoms with E-state index in [0.717, 1.165) is 27.9 Å². The van der Waals surface area contributed by atoms with E-state index in [2.05, 4.69) is 44.0 Å². The van der Waals surface area contributed by atoms with Gasteiger partial charge in [-0.05, 0) is 60.9 Å². The zero-order valence-electron chi connectivity index (χ0n) is 15.5. The van der Waals surface area contributed by atoms with Gasteiger partial charge in [0.25, 0.3) is 0 Å². The van der Waals surface area contributed by atoms with Crippen LogP contribution < -0.4 is 5.32 Å². The molecule has 0 saturated carbocycles. The molecule has 8 nitrogen and oxygen atoms in total. The van der Waals surface area contributed by atoms with Crippen LogP contribution >= 0.6 is 0 Å². The molecule has 2 aromatic heterocycles. The Kier molecular flexibility index (Phi) is 4.92. The minimum Gasteiger partial charge on any atom is -0.444 e. The number of hydrogen-bond acceptors (Lipinski definition) is 5. The van der Waals surface area contributed by atoms with Crippen molar-refractivity contribution >= 4 is 17.0 Å². The molecule has 0 spiro atoms. The van der Waals surface area contributed by atoms with Crippen LogP contribution in [0.5, 0.6) is 0 Å². The van der Waals surface area contributed by atoms with Crippen molar-refractivity contribution in [2.45, 2.75) is 39.2 Å². The number of aromatic nitrogens is 5. The van der Waals surface area contributed by atoms with Crippen LogP contribution in [0.3, 0.4) is 0 Å². The van der Waals surface area contributed by atoms with E-state index in [4.69, 9.17) is 4.74 Å². The van der Waals surface area contributed by atoms with Crippen molar-refractivity contribution in [2.24, 2.45) is 7.05 Å². The molecule has 1 amide bonds. The van der Waals surface area contributed by atoms with Crippen molar-refractivity contribution in [3.05, 3.63) is 41.3 Å². The second-order valence-electron chi connectivity index (χ2n) is 7.27. The summed E-state index contributed by atoms with van der Waals surface area (Å²) in [5.74, 6) is 0.813.